The second-order valence-electron chi connectivity index (χ2n) is 4.86. The first-order chi connectivity index (χ1) is 8.38. The van der Waals surface area contributed by atoms with Crippen molar-refractivity contribution in [3.8, 4) is 0 Å². The number of nitrogens with zero attached hydrogens (tertiary/aromatic N) is 1. The van der Waals surface area contributed by atoms with E-state index in [1.807, 2.05) is 0 Å². The number of Topliss-reactive ketones (excluding diaryl/α,β-unsaturated/α-hetero) is 1. The molecule has 1 aliphatic rings. The third kappa shape index (κ3) is 2.91. The number of alkyl halides is 3. The molecule has 2 atom stereocenters. The zero-order chi connectivity index (χ0) is 13.3. The van der Waals surface area contributed by atoms with E-state index in [1.165, 1.54) is 0 Å². The van der Waals surface area contributed by atoms with Crippen molar-refractivity contribution in [2.45, 2.75) is 38.8 Å². The molecule has 1 aromatic rings. The topological polar surface area (TPSA) is 30.0 Å². The van der Waals surface area contributed by atoms with Gasteiger partial charge in [0.1, 0.15) is 0 Å². The third-order valence-electron chi connectivity index (χ3n) is 3.30. The SMILES string of the molecule is CC1CCCC(C(=O)c2cnc(C(F)(F)F)s2)C1. The van der Waals surface area contributed by atoms with Crippen LogP contribution in [0.3, 0.4) is 0 Å². The summed E-state index contributed by atoms with van der Waals surface area (Å²) in [4.78, 5) is 15.5. The number of halogens is 3. The first-order valence-corrected chi connectivity index (χ1v) is 6.77. The van der Waals surface area contributed by atoms with Gasteiger partial charge in [0.2, 0.25) is 0 Å². The molecule has 2 unspecified atom stereocenters. The first-order valence-electron chi connectivity index (χ1n) is 5.95. The van der Waals surface area contributed by atoms with Crippen molar-refractivity contribution in [3.63, 3.8) is 0 Å². The Bertz CT molecular complexity index is 441. The van der Waals surface area contributed by atoms with E-state index in [4.69, 9.17) is 0 Å². The van der Waals surface area contributed by atoms with E-state index in [1.54, 1.807) is 0 Å². The van der Waals surface area contributed by atoms with Gasteiger partial charge in [0, 0.05) is 12.1 Å². The van der Waals surface area contributed by atoms with Crippen LogP contribution < -0.4 is 0 Å². The van der Waals surface area contributed by atoms with E-state index in [-0.39, 0.29) is 16.6 Å². The maximum absolute atomic E-state index is 12.4. The Morgan fingerprint density at radius 3 is 2.72 bits per heavy atom. The Labute approximate surface area is 107 Å². The lowest BCUT2D eigenvalue weighted by Gasteiger charge is -2.24. The molecule has 100 valence electrons. The van der Waals surface area contributed by atoms with Gasteiger partial charge < -0.3 is 0 Å². The molecule has 1 fully saturated rings. The molecule has 1 saturated carbocycles. The van der Waals surface area contributed by atoms with Gasteiger partial charge >= 0.3 is 6.18 Å². The van der Waals surface area contributed by atoms with E-state index >= 15 is 0 Å². The van der Waals surface area contributed by atoms with Crippen LogP contribution in [0.4, 0.5) is 13.2 Å². The summed E-state index contributed by atoms with van der Waals surface area (Å²) in [6, 6.07) is 0. The van der Waals surface area contributed by atoms with Crippen molar-refractivity contribution >= 4 is 17.1 Å². The zero-order valence-electron chi connectivity index (χ0n) is 9.96. The fraction of sp³-hybridized carbons (Fsp3) is 0.667. The van der Waals surface area contributed by atoms with Gasteiger partial charge in [-0.25, -0.2) is 4.98 Å². The molecule has 2 nitrogen and oxygen atoms in total. The summed E-state index contributed by atoms with van der Waals surface area (Å²) in [5.41, 5.74) is 0. The summed E-state index contributed by atoms with van der Waals surface area (Å²) in [5.74, 6) is 0.174. The summed E-state index contributed by atoms with van der Waals surface area (Å²) < 4.78 is 37.2. The highest BCUT2D eigenvalue weighted by atomic mass is 32.1. The van der Waals surface area contributed by atoms with Gasteiger partial charge in [0.15, 0.2) is 10.8 Å². The van der Waals surface area contributed by atoms with Gasteiger partial charge in [0.05, 0.1) is 4.88 Å². The summed E-state index contributed by atoms with van der Waals surface area (Å²) in [5, 5.41) is -0.935. The lowest BCUT2D eigenvalue weighted by molar-refractivity contribution is -0.137. The minimum Gasteiger partial charge on any atom is -0.293 e. The van der Waals surface area contributed by atoms with Crippen LogP contribution in [0.1, 0.15) is 47.3 Å². The summed E-state index contributed by atoms with van der Waals surface area (Å²) in [7, 11) is 0. The van der Waals surface area contributed by atoms with Crippen LogP contribution in [-0.4, -0.2) is 10.8 Å². The minimum atomic E-state index is -4.46. The maximum Gasteiger partial charge on any atom is 0.443 e. The van der Waals surface area contributed by atoms with Gasteiger partial charge in [-0.15, -0.1) is 11.3 Å². The maximum atomic E-state index is 12.4. The minimum absolute atomic E-state index is 0.129. The van der Waals surface area contributed by atoms with Gasteiger partial charge in [-0.1, -0.05) is 19.8 Å². The molecule has 0 saturated heterocycles. The van der Waals surface area contributed by atoms with Gasteiger partial charge in [-0.05, 0) is 18.8 Å². The second-order valence-corrected chi connectivity index (χ2v) is 5.89. The number of carbonyl (C=O) groups is 1. The number of thiazole rings is 1. The van der Waals surface area contributed by atoms with E-state index in [9.17, 15) is 18.0 Å². The van der Waals surface area contributed by atoms with Crippen molar-refractivity contribution in [3.05, 3.63) is 16.1 Å². The molecule has 1 aliphatic carbocycles. The highest BCUT2D eigenvalue weighted by molar-refractivity contribution is 7.13. The highest BCUT2D eigenvalue weighted by Gasteiger charge is 2.36. The van der Waals surface area contributed by atoms with Crippen molar-refractivity contribution in [1.29, 1.82) is 0 Å². The number of ketones is 1. The van der Waals surface area contributed by atoms with Crippen LogP contribution in [-0.2, 0) is 6.18 Å². The largest absolute Gasteiger partial charge is 0.443 e. The smallest absolute Gasteiger partial charge is 0.293 e. The molecule has 6 heteroatoms. The first kappa shape index (κ1) is 13.5. The van der Waals surface area contributed by atoms with Crippen molar-refractivity contribution < 1.29 is 18.0 Å². The van der Waals surface area contributed by atoms with Crippen molar-refractivity contribution in [2.24, 2.45) is 11.8 Å². The van der Waals surface area contributed by atoms with Crippen molar-refractivity contribution in [2.75, 3.05) is 0 Å². The number of hydrogen-bond acceptors (Lipinski definition) is 3. The Morgan fingerprint density at radius 2 is 2.17 bits per heavy atom. The van der Waals surface area contributed by atoms with Crippen LogP contribution in [0.5, 0.6) is 0 Å². The van der Waals surface area contributed by atoms with Crippen LogP contribution in [0.15, 0.2) is 6.20 Å². The predicted molar refractivity (Wildman–Crippen MR) is 62.6 cm³/mol. The van der Waals surface area contributed by atoms with E-state index < -0.39 is 11.2 Å². The molecule has 18 heavy (non-hydrogen) atoms. The van der Waals surface area contributed by atoms with Gasteiger partial charge in [-0.2, -0.15) is 13.2 Å². The van der Waals surface area contributed by atoms with E-state index in [0.29, 0.717) is 17.3 Å². The van der Waals surface area contributed by atoms with Crippen LogP contribution in [0.25, 0.3) is 0 Å². The molecule has 1 aromatic heterocycles. The van der Waals surface area contributed by atoms with E-state index in [2.05, 4.69) is 11.9 Å². The second kappa shape index (κ2) is 4.99. The molecule has 0 N–H and O–H groups in total. The zero-order valence-corrected chi connectivity index (χ0v) is 10.8. The number of aromatic nitrogens is 1. The average molecular weight is 277 g/mol. The van der Waals surface area contributed by atoms with E-state index in [0.717, 1.165) is 31.9 Å². The average Bonchev–Trinajstić information content (AvgIpc) is 2.77. The Kier molecular flexibility index (Phi) is 3.75. The molecular formula is C12H14F3NOS. The lowest BCUT2D eigenvalue weighted by atomic mass is 9.80. The van der Waals surface area contributed by atoms with Crippen LogP contribution in [0, 0.1) is 11.8 Å². The Balaban J connectivity index is 2.11. The number of hydrogen-bond donors (Lipinski definition) is 0. The molecule has 1 heterocycles. The predicted octanol–water partition coefficient (Wildman–Crippen LogP) is 4.17. The standard InChI is InChI=1S/C12H14F3NOS/c1-7-3-2-4-8(5-7)10(17)9-6-16-11(18-9)12(13,14)15/h6-8H,2-5H2,1H3. The van der Waals surface area contributed by atoms with Crippen molar-refractivity contribution in [1.82, 2.24) is 4.98 Å². The molecule has 0 spiro atoms. The summed E-state index contributed by atoms with van der Waals surface area (Å²) in [6.07, 6.45) is 0.238. The fourth-order valence-corrected chi connectivity index (χ4v) is 3.19. The quantitative estimate of drug-likeness (QED) is 0.759. The third-order valence-corrected chi connectivity index (χ3v) is 4.35. The number of carbonyl (C=O) groups excluding carboxylic acids is 1. The molecule has 0 aliphatic heterocycles. The normalized spacial score (nSPS) is 25.1. The monoisotopic (exact) mass is 277 g/mol. The molecule has 0 amide bonds. The molecule has 0 bridgehead atoms. The fourth-order valence-electron chi connectivity index (χ4n) is 2.39. The molecule has 0 radical (unpaired) electrons. The highest BCUT2D eigenvalue weighted by Crippen LogP contribution is 2.36. The van der Waals surface area contributed by atoms with Crippen LogP contribution >= 0.6 is 11.3 Å². The Hall–Kier alpha value is -0.910. The molecule has 0 aromatic carbocycles. The van der Waals surface area contributed by atoms with Gasteiger partial charge in [-0.3, -0.25) is 4.79 Å². The molecular weight excluding hydrogens is 263 g/mol. The number of rotatable bonds is 2. The summed E-state index contributed by atoms with van der Waals surface area (Å²) >= 11 is 0.457. The lowest BCUT2D eigenvalue weighted by Crippen LogP contribution is -2.21. The van der Waals surface area contributed by atoms with Crippen LogP contribution in [0.2, 0.25) is 0 Å². The van der Waals surface area contributed by atoms with Gasteiger partial charge in [0.25, 0.3) is 0 Å². The summed E-state index contributed by atoms with van der Waals surface area (Å²) in [6.45, 7) is 2.08. The Morgan fingerprint density at radius 1 is 1.44 bits per heavy atom. The molecule has 2 rings (SSSR count).